The fourth-order valence-corrected chi connectivity index (χ4v) is 3.13. The number of nitrogen functional groups attached to an aromatic ring is 1. The van der Waals surface area contributed by atoms with Crippen LogP contribution in [0.3, 0.4) is 0 Å². The molecule has 0 radical (unpaired) electrons. The van der Waals surface area contributed by atoms with E-state index in [9.17, 15) is 4.79 Å². The van der Waals surface area contributed by atoms with Crippen molar-refractivity contribution in [2.75, 3.05) is 31.7 Å². The number of anilines is 2. The summed E-state index contributed by atoms with van der Waals surface area (Å²) in [7, 11) is 3.55. The van der Waals surface area contributed by atoms with Crippen molar-refractivity contribution in [2.45, 2.75) is 25.7 Å². The molecule has 0 atom stereocenters. The summed E-state index contributed by atoms with van der Waals surface area (Å²) in [4.78, 5) is 13.9. The van der Waals surface area contributed by atoms with Gasteiger partial charge in [0.1, 0.15) is 0 Å². The molecule has 3 N–H and O–H groups in total. The number of rotatable bonds is 6. The minimum absolute atomic E-state index is 0.0203. The van der Waals surface area contributed by atoms with Gasteiger partial charge in [0.05, 0.1) is 5.56 Å². The van der Waals surface area contributed by atoms with E-state index in [0.717, 1.165) is 30.0 Å². The maximum absolute atomic E-state index is 12.3. The summed E-state index contributed by atoms with van der Waals surface area (Å²) in [6.07, 6.45) is 5.51. The van der Waals surface area contributed by atoms with Crippen molar-refractivity contribution in [2.24, 2.45) is 17.8 Å². The lowest BCUT2D eigenvalue weighted by molar-refractivity contribution is 0.0828. The van der Waals surface area contributed by atoms with Gasteiger partial charge in [0.25, 0.3) is 5.91 Å². The van der Waals surface area contributed by atoms with Gasteiger partial charge in [-0.05, 0) is 61.6 Å². The molecule has 1 aromatic rings. The van der Waals surface area contributed by atoms with E-state index in [4.69, 9.17) is 5.73 Å². The van der Waals surface area contributed by atoms with E-state index in [2.05, 4.69) is 5.32 Å². The van der Waals surface area contributed by atoms with Crippen LogP contribution in [0.1, 0.15) is 36.0 Å². The van der Waals surface area contributed by atoms with Crippen molar-refractivity contribution in [3.63, 3.8) is 0 Å². The Hall–Kier alpha value is -1.71. The van der Waals surface area contributed by atoms with E-state index < -0.39 is 0 Å². The standard InChI is InChI=1S/C17H25N3O/c1-20(2)17(21)14-8-7-13(18)9-16(14)19-10-15(11-3-4-11)12-5-6-12/h7-9,11-12,15,19H,3-6,10,18H2,1-2H3. The van der Waals surface area contributed by atoms with Gasteiger partial charge in [0.15, 0.2) is 0 Å². The van der Waals surface area contributed by atoms with Gasteiger partial charge in [-0.3, -0.25) is 4.79 Å². The Balaban J connectivity index is 1.73. The molecular formula is C17H25N3O. The Bertz CT molecular complexity index is 521. The van der Waals surface area contributed by atoms with Crippen molar-refractivity contribution in [1.82, 2.24) is 4.90 Å². The second-order valence-electron chi connectivity index (χ2n) is 6.72. The lowest BCUT2D eigenvalue weighted by Crippen LogP contribution is -2.24. The Morgan fingerprint density at radius 2 is 1.90 bits per heavy atom. The third-order valence-electron chi connectivity index (χ3n) is 4.66. The van der Waals surface area contributed by atoms with Crippen LogP contribution in [0.2, 0.25) is 0 Å². The molecule has 1 amide bonds. The third kappa shape index (κ3) is 3.31. The Morgan fingerprint density at radius 1 is 1.29 bits per heavy atom. The number of hydrogen-bond acceptors (Lipinski definition) is 3. The molecule has 4 heteroatoms. The lowest BCUT2D eigenvalue weighted by atomic mass is 9.97. The smallest absolute Gasteiger partial charge is 0.255 e. The summed E-state index contributed by atoms with van der Waals surface area (Å²) in [6, 6.07) is 5.50. The zero-order chi connectivity index (χ0) is 15.0. The molecule has 0 aliphatic heterocycles. The maximum atomic E-state index is 12.3. The molecule has 21 heavy (non-hydrogen) atoms. The van der Waals surface area contributed by atoms with Gasteiger partial charge >= 0.3 is 0 Å². The van der Waals surface area contributed by atoms with E-state index in [1.54, 1.807) is 25.1 Å². The highest BCUT2D eigenvalue weighted by Gasteiger charge is 2.41. The van der Waals surface area contributed by atoms with Gasteiger partial charge in [0, 0.05) is 32.0 Å². The average molecular weight is 287 g/mol. The highest BCUT2D eigenvalue weighted by molar-refractivity contribution is 6.00. The van der Waals surface area contributed by atoms with Crippen LogP contribution < -0.4 is 11.1 Å². The summed E-state index contributed by atoms with van der Waals surface area (Å²) in [6.45, 7) is 0.965. The molecule has 0 unspecified atom stereocenters. The average Bonchev–Trinajstić information content (AvgIpc) is 3.32. The van der Waals surface area contributed by atoms with Gasteiger partial charge in [0.2, 0.25) is 0 Å². The van der Waals surface area contributed by atoms with Crippen molar-refractivity contribution in [3.05, 3.63) is 23.8 Å². The highest BCUT2D eigenvalue weighted by Crippen LogP contribution is 2.49. The van der Waals surface area contributed by atoms with Gasteiger partial charge in [-0.1, -0.05) is 0 Å². The summed E-state index contributed by atoms with van der Waals surface area (Å²) in [5.74, 6) is 2.60. The van der Waals surface area contributed by atoms with E-state index >= 15 is 0 Å². The predicted molar refractivity (Wildman–Crippen MR) is 86.3 cm³/mol. The Labute approximate surface area is 126 Å². The summed E-state index contributed by atoms with van der Waals surface area (Å²) in [5, 5.41) is 3.51. The first kappa shape index (κ1) is 14.2. The quantitative estimate of drug-likeness (QED) is 0.791. The SMILES string of the molecule is CN(C)C(=O)c1ccc(N)cc1NCC(C1CC1)C1CC1. The number of benzene rings is 1. The molecule has 2 aliphatic rings. The van der Waals surface area contributed by atoms with Crippen molar-refractivity contribution >= 4 is 17.3 Å². The Morgan fingerprint density at radius 3 is 2.43 bits per heavy atom. The molecule has 0 aromatic heterocycles. The van der Waals surface area contributed by atoms with Crippen molar-refractivity contribution < 1.29 is 4.79 Å². The molecular weight excluding hydrogens is 262 g/mol. The molecule has 2 fully saturated rings. The van der Waals surface area contributed by atoms with Crippen molar-refractivity contribution in [3.8, 4) is 0 Å². The zero-order valence-corrected chi connectivity index (χ0v) is 12.9. The van der Waals surface area contributed by atoms with E-state index in [-0.39, 0.29) is 5.91 Å². The van der Waals surface area contributed by atoms with Crippen LogP contribution >= 0.6 is 0 Å². The molecule has 3 rings (SSSR count). The number of hydrogen-bond donors (Lipinski definition) is 2. The third-order valence-corrected chi connectivity index (χ3v) is 4.66. The van der Waals surface area contributed by atoms with Crippen LogP contribution in [-0.4, -0.2) is 31.4 Å². The molecule has 114 valence electrons. The van der Waals surface area contributed by atoms with Crippen LogP contribution in [0, 0.1) is 17.8 Å². The van der Waals surface area contributed by atoms with Crippen molar-refractivity contribution in [1.29, 1.82) is 0 Å². The number of nitrogens with two attached hydrogens (primary N) is 1. The molecule has 2 saturated carbocycles. The van der Waals surface area contributed by atoms with Gasteiger partial charge in [-0.25, -0.2) is 0 Å². The first-order valence-electron chi connectivity index (χ1n) is 7.91. The van der Waals surface area contributed by atoms with Gasteiger partial charge in [-0.15, -0.1) is 0 Å². The van der Waals surface area contributed by atoms with Crippen LogP contribution in [0.5, 0.6) is 0 Å². The van der Waals surface area contributed by atoms with E-state index in [0.29, 0.717) is 11.3 Å². The van der Waals surface area contributed by atoms with Crippen LogP contribution in [0.4, 0.5) is 11.4 Å². The monoisotopic (exact) mass is 287 g/mol. The fourth-order valence-electron chi connectivity index (χ4n) is 3.13. The molecule has 0 heterocycles. The first-order chi connectivity index (χ1) is 10.1. The molecule has 0 saturated heterocycles. The molecule has 0 spiro atoms. The Kier molecular flexibility index (Phi) is 3.79. The number of nitrogens with zero attached hydrogens (tertiary/aromatic N) is 1. The molecule has 1 aromatic carbocycles. The van der Waals surface area contributed by atoms with Crippen LogP contribution in [0.25, 0.3) is 0 Å². The number of carbonyl (C=O) groups excluding carboxylic acids is 1. The minimum atomic E-state index is 0.0203. The fraction of sp³-hybridized carbons (Fsp3) is 0.588. The van der Waals surface area contributed by atoms with Crippen LogP contribution in [-0.2, 0) is 0 Å². The van der Waals surface area contributed by atoms with E-state index in [1.807, 2.05) is 12.1 Å². The molecule has 0 bridgehead atoms. The topological polar surface area (TPSA) is 58.4 Å². The first-order valence-corrected chi connectivity index (χ1v) is 7.91. The summed E-state index contributed by atoms with van der Waals surface area (Å²) in [5.41, 5.74) is 8.17. The second kappa shape index (κ2) is 5.58. The van der Waals surface area contributed by atoms with E-state index in [1.165, 1.54) is 25.7 Å². The predicted octanol–water partition coefficient (Wildman–Crippen LogP) is 2.82. The zero-order valence-electron chi connectivity index (χ0n) is 12.9. The minimum Gasteiger partial charge on any atom is -0.399 e. The van der Waals surface area contributed by atoms with Gasteiger partial charge in [-0.2, -0.15) is 0 Å². The number of amides is 1. The molecule has 2 aliphatic carbocycles. The number of carbonyl (C=O) groups is 1. The second-order valence-corrected chi connectivity index (χ2v) is 6.72. The highest BCUT2D eigenvalue weighted by atomic mass is 16.2. The van der Waals surface area contributed by atoms with Gasteiger partial charge < -0.3 is 16.0 Å². The summed E-state index contributed by atoms with van der Waals surface area (Å²) < 4.78 is 0. The summed E-state index contributed by atoms with van der Waals surface area (Å²) >= 11 is 0. The molecule has 4 nitrogen and oxygen atoms in total. The normalized spacial score (nSPS) is 17.9. The maximum Gasteiger partial charge on any atom is 0.255 e. The lowest BCUT2D eigenvalue weighted by Gasteiger charge is -2.20. The number of nitrogens with one attached hydrogen (secondary N) is 1. The van der Waals surface area contributed by atoms with Crippen LogP contribution in [0.15, 0.2) is 18.2 Å². The largest absolute Gasteiger partial charge is 0.399 e.